The predicted molar refractivity (Wildman–Crippen MR) is 70.3 cm³/mol. The molecule has 1 N–H and O–H groups in total. The standard InChI is InChI=1S/C14H25NO3/c1-11(14(17)18)7-6-8-12(2)15-10-5-3-4-9-13(15)16/h11-12H,3-10H2,1-2H3,(H,17,18). The van der Waals surface area contributed by atoms with Crippen molar-refractivity contribution in [2.24, 2.45) is 5.92 Å². The third-order valence-electron chi connectivity index (χ3n) is 3.82. The van der Waals surface area contributed by atoms with E-state index in [1.165, 1.54) is 0 Å². The van der Waals surface area contributed by atoms with Gasteiger partial charge in [0.05, 0.1) is 5.92 Å². The second kappa shape index (κ2) is 7.39. The van der Waals surface area contributed by atoms with Crippen molar-refractivity contribution in [3.05, 3.63) is 0 Å². The van der Waals surface area contributed by atoms with Gasteiger partial charge in [0.1, 0.15) is 0 Å². The molecular weight excluding hydrogens is 230 g/mol. The fourth-order valence-electron chi connectivity index (χ4n) is 2.47. The first-order chi connectivity index (χ1) is 8.52. The van der Waals surface area contributed by atoms with Crippen LogP contribution in [-0.2, 0) is 9.59 Å². The van der Waals surface area contributed by atoms with E-state index in [1.54, 1.807) is 6.92 Å². The first kappa shape index (κ1) is 15.0. The van der Waals surface area contributed by atoms with Gasteiger partial charge in [-0.15, -0.1) is 0 Å². The zero-order valence-electron chi connectivity index (χ0n) is 11.5. The molecule has 0 aliphatic carbocycles. The van der Waals surface area contributed by atoms with E-state index in [9.17, 15) is 9.59 Å². The lowest BCUT2D eigenvalue weighted by atomic mass is 10.0. The summed E-state index contributed by atoms with van der Waals surface area (Å²) >= 11 is 0. The van der Waals surface area contributed by atoms with E-state index >= 15 is 0 Å². The van der Waals surface area contributed by atoms with Crippen molar-refractivity contribution in [2.75, 3.05) is 6.54 Å². The monoisotopic (exact) mass is 255 g/mol. The summed E-state index contributed by atoms with van der Waals surface area (Å²) in [5.74, 6) is -0.739. The van der Waals surface area contributed by atoms with Crippen LogP contribution in [0.2, 0.25) is 0 Å². The topological polar surface area (TPSA) is 57.6 Å². The Morgan fingerprint density at radius 1 is 1.28 bits per heavy atom. The SMILES string of the molecule is CC(CCCC(C)N1CCCCCC1=O)C(=O)O. The fraction of sp³-hybridized carbons (Fsp3) is 0.857. The van der Waals surface area contributed by atoms with Crippen LogP contribution in [0.1, 0.15) is 58.8 Å². The predicted octanol–water partition coefficient (Wildman–Crippen LogP) is 2.67. The quantitative estimate of drug-likeness (QED) is 0.793. The number of carboxylic acids is 1. The molecule has 0 radical (unpaired) electrons. The molecule has 0 aromatic rings. The normalized spacial score (nSPS) is 20.3. The molecule has 1 aliphatic rings. The smallest absolute Gasteiger partial charge is 0.306 e. The van der Waals surface area contributed by atoms with Crippen LogP contribution in [0.3, 0.4) is 0 Å². The van der Waals surface area contributed by atoms with Crippen molar-refractivity contribution in [1.82, 2.24) is 4.90 Å². The molecule has 4 nitrogen and oxygen atoms in total. The van der Waals surface area contributed by atoms with E-state index in [0.29, 0.717) is 12.8 Å². The lowest BCUT2D eigenvalue weighted by Crippen LogP contribution is -2.38. The summed E-state index contributed by atoms with van der Waals surface area (Å²) in [5.41, 5.74) is 0. The molecule has 4 heteroatoms. The lowest BCUT2D eigenvalue weighted by Gasteiger charge is -2.28. The van der Waals surface area contributed by atoms with Crippen LogP contribution in [0.5, 0.6) is 0 Å². The van der Waals surface area contributed by atoms with Crippen LogP contribution in [0.15, 0.2) is 0 Å². The number of carbonyl (C=O) groups is 2. The summed E-state index contributed by atoms with van der Waals surface area (Å²) in [4.78, 5) is 24.6. The van der Waals surface area contributed by atoms with E-state index in [2.05, 4.69) is 6.92 Å². The van der Waals surface area contributed by atoms with Crippen molar-refractivity contribution in [3.8, 4) is 0 Å². The Bertz CT molecular complexity index is 291. The number of carbonyl (C=O) groups excluding carboxylic acids is 1. The Morgan fingerprint density at radius 2 is 2.00 bits per heavy atom. The molecule has 1 fully saturated rings. The Hall–Kier alpha value is -1.06. The van der Waals surface area contributed by atoms with Crippen molar-refractivity contribution >= 4 is 11.9 Å². The number of hydrogen-bond acceptors (Lipinski definition) is 2. The zero-order chi connectivity index (χ0) is 13.5. The Kier molecular flexibility index (Phi) is 6.16. The maximum absolute atomic E-state index is 11.9. The summed E-state index contributed by atoms with van der Waals surface area (Å²) in [5, 5.41) is 8.81. The number of aliphatic carboxylic acids is 1. The zero-order valence-corrected chi connectivity index (χ0v) is 11.5. The average Bonchev–Trinajstić information content (AvgIpc) is 2.53. The molecule has 2 unspecified atom stereocenters. The van der Waals surface area contributed by atoms with E-state index in [4.69, 9.17) is 5.11 Å². The molecule has 0 spiro atoms. The van der Waals surface area contributed by atoms with E-state index in [-0.39, 0.29) is 17.9 Å². The summed E-state index contributed by atoms with van der Waals surface area (Å²) in [6, 6.07) is 0.247. The Balaban J connectivity index is 2.32. The maximum Gasteiger partial charge on any atom is 0.306 e. The minimum absolute atomic E-state index is 0.247. The van der Waals surface area contributed by atoms with Crippen LogP contribution in [0.4, 0.5) is 0 Å². The minimum atomic E-state index is -0.728. The highest BCUT2D eigenvalue weighted by atomic mass is 16.4. The molecule has 0 saturated carbocycles. The van der Waals surface area contributed by atoms with Gasteiger partial charge in [-0.05, 0) is 32.6 Å². The second-order valence-corrected chi connectivity index (χ2v) is 5.42. The van der Waals surface area contributed by atoms with Gasteiger partial charge in [0.25, 0.3) is 0 Å². The number of hydrogen-bond donors (Lipinski definition) is 1. The molecule has 2 atom stereocenters. The largest absolute Gasteiger partial charge is 0.481 e. The average molecular weight is 255 g/mol. The molecule has 0 aromatic heterocycles. The van der Waals surface area contributed by atoms with Gasteiger partial charge in [-0.2, -0.15) is 0 Å². The van der Waals surface area contributed by atoms with Gasteiger partial charge in [0.2, 0.25) is 5.91 Å². The summed E-state index contributed by atoms with van der Waals surface area (Å²) in [7, 11) is 0. The maximum atomic E-state index is 11.9. The van der Waals surface area contributed by atoms with Gasteiger partial charge >= 0.3 is 5.97 Å². The van der Waals surface area contributed by atoms with Gasteiger partial charge in [0, 0.05) is 19.0 Å². The molecule has 1 aliphatic heterocycles. The van der Waals surface area contributed by atoms with Crippen molar-refractivity contribution in [3.63, 3.8) is 0 Å². The van der Waals surface area contributed by atoms with Crippen LogP contribution >= 0.6 is 0 Å². The van der Waals surface area contributed by atoms with Crippen LogP contribution in [0, 0.1) is 5.92 Å². The van der Waals surface area contributed by atoms with E-state index in [0.717, 1.165) is 38.6 Å². The second-order valence-electron chi connectivity index (χ2n) is 5.42. The highest BCUT2D eigenvalue weighted by molar-refractivity contribution is 5.76. The molecule has 0 aromatic carbocycles. The fourth-order valence-corrected chi connectivity index (χ4v) is 2.47. The van der Waals surface area contributed by atoms with E-state index < -0.39 is 5.97 Å². The van der Waals surface area contributed by atoms with Crippen LogP contribution in [-0.4, -0.2) is 34.5 Å². The highest BCUT2D eigenvalue weighted by Crippen LogP contribution is 2.18. The van der Waals surface area contributed by atoms with Crippen molar-refractivity contribution in [2.45, 2.75) is 64.8 Å². The summed E-state index contributed by atoms with van der Waals surface area (Å²) in [6.07, 6.45) is 6.41. The van der Waals surface area contributed by atoms with Crippen LogP contribution in [0.25, 0.3) is 0 Å². The third kappa shape index (κ3) is 4.67. The number of carboxylic acid groups (broad SMARTS) is 1. The van der Waals surface area contributed by atoms with Gasteiger partial charge in [0.15, 0.2) is 0 Å². The Morgan fingerprint density at radius 3 is 2.67 bits per heavy atom. The molecule has 1 saturated heterocycles. The minimum Gasteiger partial charge on any atom is -0.481 e. The number of rotatable bonds is 6. The molecule has 0 bridgehead atoms. The van der Waals surface area contributed by atoms with Gasteiger partial charge < -0.3 is 10.0 Å². The molecular formula is C14H25NO3. The van der Waals surface area contributed by atoms with Crippen LogP contribution < -0.4 is 0 Å². The first-order valence-corrected chi connectivity index (χ1v) is 7.04. The molecule has 1 heterocycles. The highest BCUT2D eigenvalue weighted by Gasteiger charge is 2.21. The number of amides is 1. The molecule has 1 rings (SSSR count). The number of likely N-dealkylation sites (tertiary alicyclic amines) is 1. The van der Waals surface area contributed by atoms with Gasteiger partial charge in [-0.25, -0.2) is 0 Å². The first-order valence-electron chi connectivity index (χ1n) is 7.04. The van der Waals surface area contributed by atoms with E-state index in [1.807, 2.05) is 4.90 Å². The van der Waals surface area contributed by atoms with Gasteiger partial charge in [-0.3, -0.25) is 9.59 Å². The molecule has 1 amide bonds. The number of nitrogens with zero attached hydrogens (tertiary/aromatic N) is 1. The van der Waals surface area contributed by atoms with Crippen molar-refractivity contribution in [1.29, 1.82) is 0 Å². The third-order valence-corrected chi connectivity index (χ3v) is 3.82. The molecule has 104 valence electrons. The summed E-state index contributed by atoms with van der Waals surface area (Å²) < 4.78 is 0. The lowest BCUT2D eigenvalue weighted by molar-refractivity contribution is -0.141. The molecule has 18 heavy (non-hydrogen) atoms. The van der Waals surface area contributed by atoms with Gasteiger partial charge in [-0.1, -0.05) is 19.8 Å². The van der Waals surface area contributed by atoms with Crippen molar-refractivity contribution < 1.29 is 14.7 Å². The Labute approximate surface area is 109 Å². The summed E-state index contributed by atoms with van der Waals surface area (Å²) in [6.45, 7) is 4.69.